The quantitative estimate of drug-likeness (QED) is 0.451. The van der Waals surface area contributed by atoms with Gasteiger partial charge in [-0.1, -0.05) is 48.2 Å². The second-order valence-corrected chi connectivity index (χ2v) is 6.88. The maximum absolute atomic E-state index is 13.2. The van der Waals surface area contributed by atoms with Crippen molar-refractivity contribution in [2.75, 3.05) is 7.11 Å². The first kappa shape index (κ1) is 17.4. The number of pyridine rings is 1. The molecular weight excluding hydrogens is 358 g/mol. The predicted molar refractivity (Wildman–Crippen MR) is 108 cm³/mol. The minimum absolute atomic E-state index is 0.0476. The molecule has 2 aromatic carbocycles. The number of hydrogen-bond donors (Lipinski definition) is 0. The van der Waals surface area contributed by atoms with Gasteiger partial charge in [0.15, 0.2) is 5.09 Å². The second-order valence-electron chi connectivity index (χ2n) is 5.93. The zero-order valence-electron chi connectivity index (χ0n) is 14.7. The third kappa shape index (κ3) is 3.59. The Morgan fingerprint density at radius 3 is 2.59 bits per heavy atom. The van der Waals surface area contributed by atoms with E-state index in [2.05, 4.69) is 4.98 Å². The molecule has 4 rings (SSSR count). The van der Waals surface area contributed by atoms with Crippen LogP contribution >= 0.6 is 11.8 Å². The average molecular weight is 375 g/mol. The van der Waals surface area contributed by atoms with Crippen molar-refractivity contribution in [1.29, 1.82) is 0 Å². The monoisotopic (exact) mass is 375 g/mol. The zero-order valence-corrected chi connectivity index (χ0v) is 15.5. The number of benzene rings is 2. The first-order chi connectivity index (χ1) is 13.3. The summed E-state index contributed by atoms with van der Waals surface area (Å²) in [7, 11) is 1.59. The molecule has 134 valence electrons. The van der Waals surface area contributed by atoms with E-state index in [9.17, 15) is 4.79 Å². The van der Waals surface area contributed by atoms with Crippen LogP contribution in [0.25, 0.3) is 22.1 Å². The van der Waals surface area contributed by atoms with E-state index in [-0.39, 0.29) is 5.43 Å². The first-order valence-electron chi connectivity index (χ1n) is 8.49. The normalized spacial score (nSPS) is 10.9. The first-order valence-corrected chi connectivity index (χ1v) is 9.48. The molecule has 0 bridgehead atoms. The highest BCUT2D eigenvalue weighted by molar-refractivity contribution is 7.98. The van der Waals surface area contributed by atoms with Gasteiger partial charge in [0, 0.05) is 18.0 Å². The Hall–Kier alpha value is -3.05. The smallest absolute Gasteiger partial charge is 0.201 e. The van der Waals surface area contributed by atoms with Gasteiger partial charge in [-0.25, -0.2) is 0 Å². The van der Waals surface area contributed by atoms with Gasteiger partial charge < -0.3 is 9.15 Å². The van der Waals surface area contributed by atoms with Gasteiger partial charge in [0.25, 0.3) is 0 Å². The number of ether oxygens (including phenoxy) is 1. The van der Waals surface area contributed by atoms with Crippen molar-refractivity contribution in [2.45, 2.75) is 10.8 Å². The number of aromatic nitrogens is 1. The molecule has 0 aliphatic rings. The van der Waals surface area contributed by atoms with E-state index in [1.165, 1.54) is 11.8 Å². The molecule has 5 heteroatoms. The number of methoxy groups -OCH3 is 1. The van der Waals surface area contributed by atoms with Gasteiger partial charge in [-0.15, -0.1) is 0 Å². The van der Waals surface area contributed by atoms with Gasteiger partial charge in [-0.2, -0.15) is 0 Å². The molecule has 0 unspecified atom stereocenters. The van der Waals surface area contributed by atoms with Crippen LogP contribution in [0.15, 0.2) is 87.2 Å². The number of fused-ring (bicyclic) bond motifs is 1. The second kappa shape index (κ2) is 7.68. The topological polar surface area (TPSA) is 52.3 Å². The van der Waals surface area contributed by atoms with Gasteiger partial charge in [0.2, 0.25) is 5.43 Å². The van der Waals surface area contributed by atoms with E-state index < -0.39 is 0 Å². The molecule has 4 nitrogen and oxygen atoms in total. The Morgan fingerprint density at radius 1 is 1.04 bits per heavy atom. The molecule has 0 atom stereocenters. The molecule has 2 heterocycles. The summed E-state index contributed by atoms with van der Waals surface area (Å²) in [6.07, 6.45) is 1.76. The average Bonchev–Trinajstić information content (AvgIpc) is 2.73. The Bertz CT molecular complexity index is 1120. The maximum atomic E-state index is 13.2. The van der Waals surface area contributed by atoms with Gasteiger partial charge >= 0.3 is 0 Å². The van der Waals surface area contributed by atoms with Crippen LogP contribution < -0.4 is 10.2 Å². The van der Waals surface area contributed by atoms with Crippen molar-refractivity contribution in [3.8, 4) is 16.9 Å². The zero-order chi connectivity index (χ0) is 18.6. The fourth-order valence-corrected chi connectivity index (χ4v) is 3.81. The molecule has 0 aliphatic carbocycles. The fraction of sp³-hybridized carbons (Fsp3) is 0.0909. The lowest BCUT2D eigenvalue weighted by atomic mass is 10.1. The van der Waals surface area contributed by atoms with Gasteiger partial charge in [0.05, 0.1) is 23.8 Å². The Kier molecular flexibility index (Phi) is 4.94. The summed E-state index contributed by atoms with van der Waals surface area (Å²) in [6, 6.07) is 20.7. The molecule has 2 aromatic heterocycles. The predicted octanol–water partition coefficient (Wildman–Crippen LogP) is 5.16. The minimum Gasteiger partial charge on any atom is -0.497 e. The van der Waals surface area contributed by atoms with Crippen LogP contribution in [-0.2, 0) is 5.75 Å². The van der Waals surface area contributed by atoms with Crippen LogP contribution in [0.3, 0.4) is 0 Å². The van der Waals surface area contributed by atoms with Crippen LogP contribution in [-0.4, -0.2) is 12.1 Å². The highest BCUT2D eigenvalue weighted by Crippen LogP contribution is 2.34. The summed E-state index contributed by atoms with van der Waals surface area (Å²) in [6.45, 7) is 0. The van der Waals surface area contributed by atoms with Crippen molar-refractivity contribution in [3.05, 3.63) is 88.8 Å². The molecule has 0 saturated heterocycles. The standard InChI is InChI=1S/C22H17NO3S/c1-25-17-10-11-18-19(13-17)26-22(27-14-16-9-5-6-12-23-16)20(21(18)24)15-7-3-2-4-8-15/h2-13H,14H2,1H3. The largest absolute Gasteiger partial charge is 0.497 e. The summed E-state index contributed by atoms with van der Waals surface area (Å²) in [5.74, 6) is 1.26. The SMILES string of the molecule is COc1ccc2c(=O)c(-c3ccccc3)c(SCc3ccccn3)oc2c1. The fourth-order valence-electron chi connectivity index (χ4n) is 2.86. The minimum atomic E-state index is -0.0476. The van der Waals surface area contributed by atoms with Crippen LogP contribution in [0.1, 0.15) is 5.69 Å². The van der Waals surface area contributed by atoms with E-state index in [1.54, 1.807) is 31.5 Å². The number of hydrogen-bond acceptors (Lipinski definition) is 5. The Labute approximate surface area is 160 Å². The summed E-state index contributed by atoms with van der Waals surface area (Å²) in [5, 5.41) is 1.12. The highest BCUT2D eigenvalue weighted by atomic mass is 32.2. The van der Waals surface area contributed by atoms with Crippen LogP contribution in [0.5, 0.6) is 5.75 Å². The lowest BCUT2D eigenvalue weighted by Gasteiger charge is -2.10. The van der Waals surface area contributed by atoms with Crippen LogP contribution in [0.4, 0.5) is 0 Å². The van der Waals surface area contributed by atoms with Crippen molar-refractivity contribution in [1.82, 2.24) is 4.98 Å². The molecular formula is C22H17NO3S. The van der Waals surface area contributed by atoms with Crippen LogP contribution in [0.2, 0.25) is 0 Å². The van der Waals surface area contributed by atoms with E-state index >= 15 is 0 Å². The molecule has 0 radical (unpaired) electrons. The maximum Gasteiger partial charge on any atom is 0.201 e. The molecule has 4 aromatic rings. The number of thioether (sulfide) groups is 1. The molecule has 0 aliphatic heterocycles. The lowest BCUT2D eigenvalue weighted by molar-refractivity contribution is 0.413. The molecule has 0 spiro atoms. The number of nitrogens with zero attached hydrogens (tertiary/aromatic N) is 1. The molecule has 0 N–H and O–H groups in total. The summed E-state index contributed by atoms with van der Waals surface area (Å²) in [4.78, 5) is 17.6. The number of rotatable bonds is 5. The van der Waals surface area contributed by atoms with Gasteiger partial charge in [0.1, 0.15) is 11.3 Å². The molecule has 0 amide bonds. The summed E-state index contributed by atoms with van der Waals surface area (Å²) in [5.41, 5.74) is 2.81. The van der Waals surface area contributed by atoms with Crippen molar-refractivity contribution in [3.63, 3.8) is 0 Å². The summed E-state index contributed by atoms with van der Waals surface area (Å²) < 4.78 is 11.4. The van der Waals surface area contributed by atoms with Crippen molar-refractivity contribution < 1.29 is 9.15 Å². The lowest BCUT2D eigenvalue weighted by Crippen LogP contribution is -2.07. The molecule has 27 heavy (non-hydrogen) atoms. The summed E-state index contributed by atoms with van der Waals surface area (Å²) >= 11 is 1.47. The Balaban J connectivity index is 1.86. The van der Waals surface area contributed by atoms with E-state index in [0.717, 1.165) is 11.3 Å². The van der Waals surface area contributed by atoms with E-state index in [0.29, 0.717) is 33.1 Å². The van der Waals surface area contributed by atoms with Crippen molar-refractivity contribution >= 4 is 22.7 Å². The van der Waals surface area contributed by atoms with E-state index in [1.807, 2.05) is 48.5 Å². The Morgan fingerprint density at radius 2 is 1.85 bits per heavy atom. The van der Waals surface area contributed by atoms with Gasteiger partial charge in [-0.3, -0.25) is 9.78 Å². The van der Waals surface area contributed by atoms with Crippen molar-refractivity contribution in [2.24, 2.45) is 0 Å². The van der Waals surface area contributed by atoms with E-state index in [4.69, 9.17) is 9.15 Å². The van der Waals surface area contributed by atoms with Crippen LogP contribution in [0, 0.1) is 0 Å². The van der Waals surface area contributed by atoms with Gasteiger partial charge in [-0.05, 0) is 29.8 Å². The third-order valence-corrected chi connectivity index (χ3v) is 5.20. The highest BCUT2D eigenvalue weighted by Gasteiger charge is 2.17. The molecule has 0 saturated carbocycles. The third-order valence-electron chi connectivity index (χ3n) is 4.21. The molecule has 0 fully saturated rings.